The zero-order valence-electron chi connectivity index (χ0n) is 11.4. The van der Waals surface area contributed by atoms with Gasteiger partial charge in [-0.2, -0.15) is 4.31 Å². The first-order valence-corrected chi connectivity index (χ1v) is 8.14. The molecule has 110 valence electrons. The molecule has 1 aromatic heterocycles. The number of rotatable bonds is 3. The summed E-state index contributed by atoms with van der Waals surface area (Å²) < 4.78 is 26.2. The van der Waals surface area contributed by atoms with E-state index in [1.807, 2.05) is 30.3 Å². The number of nitrogens with two attached hydrogens (primary N) is 1. The monoisotopic (exact) mass is 304 g/mol. The third kappa shape index (κ3) is 2.80. The highest BCUT2D eigenvalue weighted by atomic mass is 32.2. The van der Waals surface area contributed by atoms with Gasteiger partial charge in [0.2, 0.25) is 10.0 Å². The predicted molar refractivity (Wildman–Crippen MR) is 78.8 cm³/mol. The summed E-state index contributed by atoms with van der Waals surface area (Å²) in [5.74, 6) is 0.507. The third-order valence-corrected chi connectivity index (χ3v) is 5.30. The highest BCUT2D eigenvalue weighted by Gasteiger charge is 2.31. The zero-order valence-corrected chi connectivity index (χ0v) is 12.2. The molecule has 1 aliphatic heterocycles. The molecule has 7 heteroatoms. The molecule has 1 fully saturated rings. The van der Waals surface area contributed by atoms with Crippen molar-refractivity contribution >= 4 is 10.0 Å². The topological polar surface area (TPSA) is 89.2 Å². The molecule has 1 aliphatic rings. The molecule has 0 bridgehead atoms. The van der Waals surface area contributed by atoms with E-state index in [4.69, 9.17) is 5.73 Å². The van der Waals surface area contributed by atoms with E-state index in [1.54, 1.807) is 0 Å². The molecule has 2 heterocycles. The molecule has 1 atom stereocenters. The summed E-state index contributed by atoms with van der Waals surface area (Å²) >= 11 is 0. The van der Waals surface area contributed by atoms with Crippen LogP contribution in [0.1, 0.15) is 6.42 Å². The molecular weight excluding hydrogens is 288 g/mol. The van der Waals surface area contributed by atoms with Crippen LogP contribution in [0.2, 0.25) is 0 Å². The number of benzene rings is 1. The third-order valence-electron chi connectivity index (χ3n) is 3.49. The van der Waals surface area contributed by atoms with Gasteiger partial charge in [0.25, 0.3) is 0 Å². The molecule has 6 nitrogen and oxygen atoms in total. The molecule has 3 rings (SSSR count). The number of aromatic nitrogens is 2. The lowest BCUT2D eigenvalue weighted by Gasteiger charge is -2.15. The standard InChI is InChI=1S/C14H16N4O2S/c15-12-6-7-18(10-12)21(19,20)13-8-16-14(17-9-13)11-4-2-1-3-5-11/h1-5,8-9,12H,6-7,10,15H2/t12-/m1/s1. The van der Waals surface area contributed by atoms with Gasteiger partial charge < -0.3 is 5.73 Å². The summed E-state index contributed by atoms with van der Waals surface area (Å²) in [4.78, 5) is 8.42. The van der Waals surface area contributed by atoms with Crippen LogP contribution in [0.3, 0.4) is 0 Å². The molecule has 21 heavy (non-hydrogen) atoms. The molecule has 1 aromatic carbocycles. The van der Waals surface area contributed by atoms with Gasteiger partial charge in [-0.3, -0.25) is 0 Å². The van der Waals surface area contributed by atoms with Crippen LogP contribution in [-0.2, 0) is 10.0 Å². The maximum Gasteiger partial charge on any atom is 0.246 e. The number of sulfonamides is 1. The number of hydrogen-bond donors (Lipinski definition) is 1. The van der Waals surface area contributed by atoms with Crippen molar-refractivity contribution in [2.45, 2.75) is 17.4 Å². The molecule has 0 radical (unpaired) electrons. The second kappa shape index (κ2) is 5.51. The summed E-state index contributed by atoms with van der Waals surface area (Å²) in [6, 6.07) is 9.33. The molecule has 0 spiro atoms. The minimum atomic E-state index is -3.54. The normalized spacial score (nSPS) is 19.8. The Hall–Kier alpha value is -1.83. The zero-order chi connectivity index (χ0) is 14.9. The van der Waals surface area contributed by atoms with Crippen LogP contribution in [0, 0.1) is 0 Å². The van der Waals surface area contributed by atoms with Gasteiger partial charge in [-0.1, -0.05) is 30.3 Å². The van der Waals surface area contributed by atoms with Crippen molar-refractivity contribution in [3.8, 4) is 11.4 Å². The SMILES string of the molecule is N[C@@H]1CCN(S(=O)(=O)c2cnc(-c3ccccc3)nc2)C1. The lowest BCUT2D eigenvalue weighted by molar-refractivity contribution is 0.472. The number of hydrogen-bond acceptors (Lipinski definition) is 5. The Labute approximate surface area is 123 Å². The molecular formula is C14H16N4O2S. The Balaban J connectivity index is 1.87. The molecule has 0 unspecified atom stereocenters. The van der Waals surface area contributed by atoms with Crippen molar-refractivity contribution in [1.82, 2.24) is 14.3 Å². The Morgan fingerprint density at radius 3 is 2.38 bits per heavy atom. The van der Waals surface area contributed by atoms with Gasteiger partial charge in [0.15, 0.2) is 5.82 Å². The first kappa shape index (κ1) is 14.1. The van der Waals surface area contributed by atoms with E-state index < -0.39 is 10.0 Å². The van der Waals surface area contributed by atoms with Gasteiger partial charge in [-0.25, -0.2) is 18.4 Å². The average molecular weight is 304 g/mol. The Morgan fingerprint density at radius 1 is 1.14 bits per heavy atom. The Bertz CT molecular complexity index is 716. The van der Waals surface area contributed by atoms with Crippen LogP contribution < -0.4 is 5.73 Å². The largest absolute Gasteiger partial charge is 0.326 e. The Kier molecular flexibility index (Phi) is 3.71. The van der Waals surface area contributed by atoms with Gasteiger partial charge >= 0.3 is 0 Å². The maximum atomic E-state index is 12.4. The highest BCUT2D eigenvalue weighted by Crippen LogP contribution is 2.21. The summed E-state index contributed by atoms with van der Waals surface area (Å²) in [7, 11) is -3.54. The van der Waals surface area contributed by atoms with Crippen molar-refractivity contribution in [1.29, 1.82) is 0 Å². The minimum absolute atomic E-state index is 0.0933. The van der Waals surface area contributed by atoms with E-state index in [0.29, 0.717) is 25.3 Å². The molecule has 0 amide bonds. The van der Waals surface area contributed by atoms with Crippen LogP contribution in [0.15, 0.2) is 47.6 Å². The number of nitrogens with zero attached hydrogens (tertiary/aromatic N) is 3. The summed E-state index contributed by atoms with van der Waals surface area (Å²) in [5, 5.41) is 0. The van der Waals surface area contributed by atoms with Crippen LogP contribution in [-0.4, -0.2) is 41.8 Å². The molecule has 0 saturated carbocycles. The van der Waals surface area contributed by atoms with E-state index in [-0.39, 0.29) is 10.9 Å². The van der Waals surface area contributed by atoms with Crippen molar-refractivity contribution in [3.63, 3.8) is 0 Å². The lowest BCUT2D eigenvalue weighted by atomic mass is 10.2. The van der Waals surface area contributed by atoms with E-state index in [1.165, 1.54) is 16.7 Å². The van der Waals surface area contributed by atoms with Gasteiger partial charge in [0.1, 0.15) is 4.90 Å². The first-order chi connectivity index (χ1) is 10.1. The van der Waals surface area contributed by atoms with Crippen LogP contribution in [0.5, 0.6) is 0 Å². The Morgan fingerprint density at radius 2 is 1.81 bits per heavy atom. The first-order valence-electron chi connectivity index (χ1n) is 6.70. The molecule has 2 aromatic rings. The van der Waals surface area contributed by atoms with E-state index in [9.17, 15) is 8.42 Å². The average Bonchev–Trinajstić information content (AvgIpc) is 2.96. The van der Waals surface area contributed by atoms with Crippen LogP contribution in [0.4, 0.5) is 0 Å². The molecule has 0 aliphatic carbocycles. The fourth-order valence-corrected chi connectivity index (χ4v) is 3.71. The fraction of sp³-hybridized carbons (Fsp3) is 0.286. The van der Waals surface area contributed by atoms with Gasteiger partial charge in [-0.15, -0.1) is 0 Å². The quantitative estimate of drug-likeness (QED) is 0.908. The second-order valence-electron chi connectivity index (χ2n) is 5.02. The van der Waals surface area contributed by atoms with Gasteiger partial charge in [-0.05, 0) is 6.42 Å². The van der Waals surface area contributed by atoms with Crippen LogP contribution in [0.25, 0.3) is 11.4 Å². The maximum absolute atomic E-state index is 12.4. The van der Waals surface area contributed by atoms with Gasteiger partial charge in [0.05, 0.1) is 12.4 Å². The fourth-order valence-electron chi connectivity index (χ4n) is 2.31. The van der Waals surface area contributed by atoms with Crippen LogP contribution >= 0.6 is 0 Å². The smallest absolute Gasteiger partial charge is 0.246 e. The van der Waals surface area contributed by atoms with E-state index >= 15 is 0 Å². The lowest BCUT2D eigenvalue weighted by Crippen LogP contribution is -2.32. The summed E-state index contributed by atoms with van der Waals surface area (Å²) in [5.41, 5.74) is 6.61. The predicted octanol–water partition coefficient (Wildman–Crippen LogP) is 0.865. The van der Waals surface area contributed by atoms with Crippen molar-refractivity contribution in [2.75, 3.05) is 13.1 Å². The van der Waals surface area contributed by atoms with Gasteiger partial charge in [0, 0.05) is 24.7 Å². The van der Waals surface area contributed by atoms with Crippen molar-refractivity contribution in [3.05, 3.63) is 42.7 Å². The minimum Gasteiger partial charge on any atom is -0.326 e. The van der Waals surface area contributed by atoms with E-state index in [2.05, 4.69) is 9.97 Å². The molecule has 2 N–H and O–H groups in total. The highest BCUT2D eigenvalue weighted by molar-refractivity contribution is 7.89. The summed E-state index contributed by atoms with van der Waals surface area (Å²) in [6.07, 6.45) is 3.39. The summed E-state index contributed by atoms with van der Waals surface area (Å²) in [6.45, 7) is 0.798. The van der Waals surface area contributed by atoms with E-state index in [0.717, 1.165) is 5.56 Å². The van der Waals surface area contributed by atoms with Crippen molar-refractivity contribution < 1.29 is 8.42 Å². The second-order valence-corrected chi connectivity index (χ2v) is 6.96. The van der Waals surface area contributed by atoms with Crippen molar-refractivity contribution in [2.24, 2.45) is 5.73 Å². The molecule has 1 saturated heterocycles.